The van der Waals surface area contributed by atoms with Gasteiger partial charge in [0.2, 0.25) is 23.5 Å². The molecule has 6 atom stereocenters. The number of oxime groups is 1. The summed E-state index contributed by atoms with van der Waals surface area (Å²) < 4.78 is 0. The number of benzene rings is 1. The number of hydrogen-bond acceptors (Lipinski definition) is 8. The number of amides is 4. The van der Waals surface area contributed by atoms with Crippen molar-refractivity contribution in [1.82, 2.24) is 25.8 Å². The van der Waals surface area contributed by atoms with E-state index in [9.17, 15) is 24.0 Å². The smallest absolute Gasteiger partial charge is 0.289 e. The van der Waals surface area contributed by atoms with Crippen LogP contribution in [-0.2, 0) is 28.8 Å². The average Bonchev–Trinajstić information content (AvgIpc) is 4.00. The molecule has 1 aromatic heterocycles. The quantitative estimate of drug-likeness (QED) is 0.306. The summed E-state index contributed by atoms with van der Waals surface area (Å²) in [5.74, 6) is -2.89. The highest BCUT2D eigenvalue weighted by Crippen LogP contribution is 2.47. The molecule has 2 aromatic rings. The zero-order valence-corrected chi connectivity index (χ0v) is 29.0. The maximum Gasteiger partial charge on any atom is 0.289 e. The third kappa shape index (κ3) is 7.64. The van der Waals surface area contributed by atoms with Gasteiger partial charge in [-0.15, -0.1) is 0 Å². The van der Waals surface area contributed by atoms with Crippen LogP contribution < -0.4 is 16.0 Å². The van der Waals surface area contributed by atoms with Crippen molar-refractivity contribution in [3.05, 3.63) is 64.9 Å². The van der Waals surface area contributed by atoms with Crippen molar-refractivity contribution in [1.29, 1.82) is 0 Å². The molecule has 0 unspecified atom stereocenters. The van der Waals surface area contributed by atoms with Crippen LogP contribution in [0.25, 0.3) is 0 Å². The van der Waals surface area contributed by atoms with E-state index < -0.39 is 52.6 Å². The van der Waals surface area contributed by atoms with Crippen LogP contribution >= 0.6 is 11.6 Å². The van der Waals surface area contributed by atoms with Crippen LogP contribution in [0.1, 0.15) is 76.5 Å². The van der Waals surface area contributed by atoms with Gasteiger partial charge in [-0.1, -0.05) is 68.6 Å². The lowest BCUT2D eigenvalue weighted by Crippen LogP contribution is -2.59. The Labute approximate surface area is 290 Å². The van der Waals surface area contributed by atoms with E-state index in [1.54, 1.807) is 18.3 Å². The second kappa shape index (κ2) is 13.5. The fourth-order valence-electron chi connectivity index (χ4n) is 6.89. The first-order chi connectivity index (χ1) is 23.3. The Bertz CT molecular complexity index is 1670. The Hall–Kier alpha value is -4.32. The molecule has 49 heavy (non-hydrogen) atoms. The van der Waals surface area contributed by atoms with Gasteiger partial charge in [-0.2, -0.15) is 0 Å². The summed E-state index contributed by atoms with van der Waals surface area (Å²) in [6.45, 7) is 5.61. The van der Waals surface area contributed by atoms with Gasteiger partial charge in [0.15, 0.2) is 5.60 Å². The summed E-state index contributed by atoms with van der Waals surface area (Å²) in [6.07, 6.45) is 4.89. The monoisotopic (exact) mass is 690 g/mol. The number of carbonyl (C=O) groups is 5. The average molecular weight is 691 g/mol. The van der Waals surface area contributed by atoms with E-state index in [2.05, 4.69) is 26.1 Å². The van der Waals surface area contributed by atoms with E-state index in [0.717, 1.165) is 24.1 Å². The second-order valence-corrected chi connectivity index (χ2v) is 15.3. The van der Waals surface area contributed by atoms with Gasteiger partial charge < -0.3 is 25.7 Å². The molecule has 2 saturated carbocycles. The number of carbonyl (C=O) groups excluding carboxylic acids is 5. The lowest BCUT2D eigenvalue weighted by Gasteiger charge is -2.35. The molecule has 13 heteroatoms. The van der Waals surface area contributed by atoms with E-state index in [-0.39, 0.29) is 36.6 Å². The molecular formula is C36H43ClN6O6. The molecular weight excluding hydrogens is 648 g/mol. The Morgan fingerprint density at radius 2 is 1.84 bits per heavy atom. The predicted octanol–water partition coefficient (Wildman–Crippen LogP) is 3.13. The first-order valence-corrected chi connectivity index (χ1v) is 17.3. The maximum absolute atomic E-state index is 14.6. The molecule has 1 saturated heterocycles. The summed E-state index contributed by atoms with van der Waals surface area (Å²) in [5.41, 5.74) is 0.482. The number of likely N-dealkylation sites (tertiary alicyclic amines) is 1. The summed E-state index contributed by atoms with van der Waals surface area (Å²) in [5, 5.41) is 13.1. The van der Waals surface area contributed by atoms with Crippen molar-refractivity contribution in [2.75, 3.05) is 13.6 Å². The van der Waals surface area contributed by atoms with Crippen molar-refractivity contribution >= 4 is 46.7 Å². The number of rotatable bonds is 11. The number of aromatic nitrogens is 1. The third-order valence-corrected chi connectivity index (χ3v) is 10.2. The van der Waals surface area contributed by atoms with Crippen LogP contribution in [0.5, 0.6) is 0 Å². The van der Waals surface area contributed by atoms with Crippen LogP contribution in [-0.4, -0.2) is 82.3 Å². The summed E-state index contributed by atoms with van der Waals surface area (Å²) in [6, 6.07) is 9.75. The van der Waals surface area contributed by atoms with E-state index in [1.165, 1.54) is 11.9 Å². The Morgan fingerprint density at radius 1 is 1.06 bits per heavy atom. The van der Waals surface area contributed by atoms with Gasteiger partial charge in [-0.3, -0.25) is 29.0 Å². The van der Waals surface area contributed by atoms with Gasteiger partial charge in [-0.25, -0.2) is 0 Å². The van der Waals surface area contributed by atoms with Crippen LogP contribution in [0.15, 0.2) is 53.8 Å². The highest BCUT2D eigenvalue weighted by molar-refractivity contribution is 6.38. The van der Waals surface area contributed by atoms with Gasteiger partial charge in [-0.05, 0) is 48.4 Å². The van der Waals surface area contributed by atoms with Gasteiger partial charge in [0.25, 0.3) is 5.91 Å². The standard InChI is InChI=1S/C36H43ClN6O6/c1-35(2,3)30(41-31(45)24-16-23(24)25-10-5-6-13-39-25)34(48)43-19-36(17-27(42-49-36)21-8-7-9-22(37)15-21)18-28(43)32(46)40-26(14-20-11-12-20)29(44)33(47)38-4/h5-10,13,15,20,23-24,26,28,30H,11-12,14,16-19H2,1-4H3,(H,38,47)(H,40,46)(H,41,45)/t23-,24+,26+,28+,30-,36-/m1/s1. The molecule has 4 amide bonds. The number of halogens is 1. The summed E-state index contributed by atoms with van der Waals surface area (Å²) in [4.78, 5) is 79.6. The largest absolute Gasteiger partial charge is 0.387 e. The van der Waals surface area contributed by atoms with Crippen molar-refractivity contribution in [3.8, 4) is 0 Å². The van der Waals surface area contributed by atoms with Crippen molar-refractivity contribution in [3.63, 3.8) is 0 Å². The molecule has 4 aliphatic rings. The molecule has 2 aliphatic carbocycles. The maximum atomic E-state index is 14.6. The second-order valence-electron chi connectivity index (χ2n) is 14.9. The fraction of sp³-hybridized carbons (Fsp3) is 0.528. The van der Waals surface area contributed by atoms with Crippen LogP contribution in [0.4, 0.5) is 0 Å². The number of hydrogen-bond donors (Lipinski definition) is 3. The van der Waals surface area contributed by atoms with Crippen LogP contribution in [0.3, 0.4) is 0 Å². The minimum atomic E-state index is -1.05. The first kappa shape index (κ1) is 34.5. The number of Topliss-reactive ketones (excluding diaryl/α,β-unsaturated/α-hetero) is 1. The molecule has 2 aliphatic heterocycles. The fourth-order valence-corrected chi connectivity index (χ4v) is 7.08. The van der Waals surface area contributed by atoms with Gasteiger partial charge in [0.1, 0.15) is 12.1 Å². The number of likely N-dealkylation sites (N-methyl/N-ethyl adjacent to an activating group) is 1. The molecule has 0 radical (unpaired) electrons. The topological polar surface area (TPSA) is 159 Å². The summed E-state index contributed by atoms with van der Waals surface area (Å²) >= 11 is 6.24. The minimum Gasteiger partial charge on any atom is -0.387 e. The summed E-state index contributed by atoms with van der Waals surface area (Å²) in [7, 11) is 1.37. The Balaban J connectivity index is 1.25. The highest BCUT2D eigenvalue weighted by Gasteiger charge is 2.56. The Morgan fingerprint density at radius 3 is 2.49 bits per heavy atom. The van der Waals surface area contributed by atoms with Crippen molar-refractivity contribution < 1.29 is 28.8 Å². The van der Waals surface area contributed by atoms with E-state index in [0.29, 0.717) is 30.0 Å². The molecule has 6 rings (SSSR count). The van der Waals surface area contributed by atoms with Crippen LogP contribution in [0.2, 0.25) is 5.02 Å². The molecule has 3 fully saturated rings. The lowest BCUT2D eigenvalue weighted by molar-refractivity contribution is -0.145. The SMILES string of the molecule is CNC(=O)C(=O)[C@H](CC1CC1)NC(=O)[C@@H]1C[C@]2(CC(c3cccc(Cl)c3)=NO2)CN1C(=O)[C@@H](NC(=O)[C@H]1C[C@H]1c1ccccn1)C(C)(C)C. The molecule has 12 nitrogen and oxygen atoms in total. The predicted molar refractivity (Wildman–Crippen MR) is 181 cm³/mol. The molecule has 1 aromatic carbocycles. The van der Waals surface area contributed by atoms with Gasteiger partial charge in [0, 0.05) is 54.2 Å². The van der Waals surface area contributed by atoms with Crippen LogP contribution in [0, 0.1) is 17.3 Å². The molecule has 3 heterocycles. The van der Waals surface area contributed by atoms with E-state index in [4.69, 9.17) is 16.4 Å². The number of nitrogens with one attached hydrogen (secondary N) is 3. The van der Waals surface area contributed by atoms with Gasteiger partial charge in [0.05, 0.1) is 18.3 Å². The molecule has 0 bridgehead atoms. The lowest BCUT2D eigenvalue weighted by atomic mass is 9.85. The highest BCUT2D eigenvalue weighted by atomic mass is 35.5. The van der Waals surface area contributed by atoms with Gasteiger partial charge >= 0.3 is 0 Å². The third-order valence-electron chi connectivity index (χ3n) is 9.93. The minimum absolute atomic E-state index is 0.0244. The molecule has 260 valence electrons. The number of ketones is 1. The molecule has 3 N–H and O–H groups in total. The number of pyridine rings is 1. The Kier molecular flexibility index (Phi) is 9.54. The van der Waals surface area contributed by atoms with Crippen molar-refractivity contribution in [2.45, 2.75) is 88.9 Å². The molecule has 1 spiro atoms. The normalized spacial score (nSPS) is 25.5. The zero-order valence-electron chi connectivity index (χ0n) is 28.2. The first-order valence-electron chi connectivity index (χ1n) is 16.9. The zero-order chi connectivity index (χ0) is 35.1. The number of nitrogens with zero attached hydrogens (tertiary/aromatic N) is 3. The van der Waals surface area contributed by atoms with Crippen molar-refractivity contribution in [2.24, 2.45) is 22.4 Å². The van der Waals surface area contributed by atoms with E-state index in [1.807, 2.05) is 51.1 Å². The van der Waals surface area contributed by atoms with E-state index >= 15 is 0 Å².